The van der Waals surface area contributed by atoms with Gasteiger partial charge in [-0.05, 0) is 30.7 Å². The van der Waals surface area contributed by atoms with Gasteiger partial charge in [-0.1, -0.05) is 0 Å². The molecule has 86 valence electrons. The predicted molar refractivity (Wildman–Crippen MR) is 59.9 cm³/mol. The molecule has 0 aliphatic carbocycles. The first kappa shape index (κ1) is 12.5. The van der Waals surface area contributed by atoms with Crippen LogP contribution in [-0.4, -0.2) is 21.3 Å². The van der Waals surface area contributed by atoms with Crippen LogP contribution in [0.2, 0.25) is 0 Å². The Bertz CT molecular complexity index is 471. The van der Waals surface area contributed by atoms with Crippen molar-refractivity contribution in [2.45, 2.75) is 17.7 Å². The van der Waals surface area contributed by atoms with Crippen LogP contribution in [0.5, 0.6) is 5.75 Å². The topological polar surface area (TPSA) is 67.2 Å². The lowest BCUT2D eigenvalue weighted by Crippen LogP contribution is -2.06. The molecule has 0 aliphatic rings. The van der Waals surface area contributed by atoms with Crippen molar-refractivity contribution >= 4 is 9.84 Å². The van der Waals surface area contributed by atoms with E-state index in [1.165, 1.54) is 19.2 Å². The highest BCUT2D eigenvalue weighted by Gasteiger charge is 2.13. The Morgan fingerprint density at radius 3 is 2.44 bits per heavy atom. The molecule has 4 nitrogen and oxygen atoms in total. The number of methoxy groups -OCH3 is 1. The van der Waals surface area contributed by atoms with Gasteiger partial charge in [-0.15, -0.1) is 0 Å². The van der Waals surface area contributed by atoms with Gasteiger partial charge in [-0.25, -0.2) is 8.42 Å². The third-order valence-electron chi connectivity index (χ3n) is 2.12. The number of sulfone groups is 1. The first-order valence-corrected chi connectivity index (χ1v) is 6.49. The van der Waals surface area contributed by atoms with E-state index in [0.717, 1.165) is 0 Å². The maximum Gasteiger partial charge on any atom is 0.178 e. The number of hydrogen-bond donors (Lipinski definition) is 0. The van der Waals surface area contributed by atoms with E-state index < -0.39 is 9.84 Å². The Morgan fingerprint density at radius 1 is 1.31 bits per heavy atom. The quantitative estimate of drug-likeness (QED) is 0.734. The molecule has 0 atom stereocenters. The molecule has 16 heavy (non-hydrogen) atoms. The van der Waals surface area contributed by atoms with Gasteiger partial charge in [-0.3, -0.25) is 0 Å². The highest BCUT2D eigenvalue weighted by atomic mass is 32.2. The van der Waals surface area contributed by atoms with Crippen LogP contribution < -0.4 is 4.74 Å². The van der Waals surface area contributed by atoms with E-state index in [-0.39, 0.29) is 17.1 Å². The third kappa shape index (κ3) is 3.24. The van der Waals surface area contributed by atoms with Crippen molar-refractivity contribution in [3.8, 4) is 11.8 Å². The van der Waals surface area contributed by atoms with Crippen molar-refractivity contribution < 1.29 is 13.2 Å². The van der Waals surface area contributed by atoms with Gasteiger partial charge in [0.25, 0.3) is 0 Å². The largest absolute Gasteiger partial charge is 0.497 e. The molecule has 0 bridgehead atoms. The summed E-state index contributed by atoms with van der Waals surface area (Å²) in [6, 6.07) is 8.17. The highest BCUT2D eigenvalue weighted by Crippen LogP contribution is 2.17. The van der Waals surface area contributed by atoms with Gasteiger partial charge in [0.1, 0.15) is 5.75 Å². The second kappa shape index (κ2) is 5.52. The summed E-state index contributed by atoms with van der Waals surface area (Å²) in [7, 11) is -1.74. The molecule has 0 saturated heterocycles. The SMILES string of the molecule is COc1ccc(S(=O)(=O)CCCC#N)cc1. The van der Waals surface area contributed by atoms with Gasteiger partial charge in [-0.2, -0.15) is 5.26 Å². The fourth-order valence-electron chi connectivity index (χ4n) is 1.24. The number of nitriles is 1. The van der Waals surface area contributed by atoms with Crippen LogP contribution in [0.15, 0.2) is 29.2 Å². The Balaban J connectivity index is 2.78. The van der Waals surface area contributed by atoms with Crippen molar-refractivity contribution in [1.82, 2.24) is 0 Å². The Hall–Kier alpha value is -1.54. The van der Waals surface area contributed by atoms with Crippen LogP contribution in [0, 0.1) is 11.3 Å². The van der Waals surface area contributed by atoms with Crippen molar-refractivity contribution in [3.63, 3.8) is 0 Å². The lowest BCUT2D eigenvalue weighted by Gasteiger charge is -2.04. The van der Waals surface area contributed by atoms with E-state index in [1.807, 2.05) is 6.07 Å². The summed E-state index contributed by atoms with van der Waals surface area (Å²) in [6.07, 6.45) is 0.625. The monoisotopic (exact) mass is 239 g/mol. The molecule has 0 N–H and O–H groups in total. The minimum absolute atomic E-state index is 0.00683. The van der Waals surface area contributed by atoms with Crippen LogP contribution in [0.1, 0.15) is 12.8 Å². The molecule has 0 heterocycles. The molecule has 0 spiro atoms. The summed E-state index contributed by atoms with van der Waals surface area (Å²) in [6.45, 7) is 0. The summed E-state index contributed by atoms with van der Waals surface area (Å²) in [4.78, 5) is 0.270. The van der Waals surface area contributed by atoms with Gasteiger partial charge < -0.3 is 4.74 Å². The fourth-order valence-corrected chi connectivity index (χ4v) is 2.55. The minimum atomic E-state index is -3.26. The molecule has 0 fully saturated rings. The van der Waals surface area contributed by atoms with E-state index in [9.17, 15) is 8.42 Å². The zero-order valence-electron chi connectivity index (χ0n) is 9.01. The third-order valence-corrected chi connectivity index (χ3v) is 3.94. The van der Waals surface area contributed by atoms with Crippen LogP contribution in [0.3, 0.4) is 0 Å². The molecule has 0 saturated carbocycles. The maximum atomic E-state index is 11.8. The van der Waals surface area contributed by atoms with Crippen molar-refractivity contribution in [2.75, 3.05) is 12.9 Å². The summed E-state index contributed by atoms with van der Waals surface area (Å²) in [5, 5.41) is 8.34. The Labute approximate surface area is 95.4 Å². The Morgan fingerprint density at radius 2 is 1.94 bits per heavy atom. The minimum Gasteiger partial charge on any atom is -0.497 e. The normalized spacial score (nSPS) is 10.8. The molecular weight excluding hydrogens is 226 g/mol. The van der Waals surface area contributed by atoms with Gasteiger partial charge in [0, 0.05) is 6.42 Å². The molecule has 0 aliphatic heterocycles. The average molecular weight is 239 g/mol. The van der Waals surface area contributed by atoms with E-state index >= 15 is 0 Å². The zero-order chi connectivity index (χ0) is 12.0. The smallest absolute Gasteiger partial charge is 0.178 e. The molecule has 0 amide bonds. The van der Waals surface area contributed by atoms with Gasteiger partial charge >= 0.3 is 0 Å². The molecule has 1 rings (SSSR count). The highest BCUT2D eigenvalue weighted by molar-refractivity contribution is 7.91. The average Bonchev–Trinajstić information content (AvgIpc) is 2.29. The lowest BCUT2D eigenvalue weighted by molar-refractivity contribution is 0.414. The molecule has 0 aromatic heterocycles. The fraction of sp³-hybridized carbons (Fsp3) is 0.364. The zero-order valence-corrected chi connectivity index (χ0v) is 9.83. The molecule has 1 aromatic carbocycles. The van der Waals surface area contributed by atoms with E-state index in [0.29, 0.717) is 12.2 Å². The first-order valence-electron chi connectivity index (χ1n) is 4.84. The first-order chi connectivity index (χ1) is 7.60. The summed E-state index contributed by atoms with van der Waals surface area (Å²) >= 11 is 0. The molecule has 0 unspecified atom stereocenters. The second-order valence-corrected chi connectivity index (χ2v) is 5.37. The van der Waals surface area contributed by atoms with Crippen LogP contribution >= 0.6 is 0 Å². The van der Waals surface area contributed by atoms with Crippen molar-refractivity contribution in [1.29, 1.82) is 5.26 Å². The number of benzene rings is 1. The summed E-state index contributed by atoms with van der Waals surface area (Å²) in [5.74, 6) is 0.628. The number of ether oxygens (including phenoxy) is 1. The molecule has 1 aromatic rings. The summed E-state index contributed by atoms with van der Waals surface area (Å²) < 4.78 is 28.5. The molecular formula is C11H13NO3S. The Kier molecular flexibility index (Phi) is 4.32. The second-order valence-electron chi connectivity index (χ2n) is 3.26. The number of rotatable bonds is 5. The van der Waals surface area contributed by atoms with Crippen LogP contribution in [0.4, 0.5) is 0 Å². The van der Waals surface area contributed by atoms with E-state index in [4.69, 9.17) is 10.00 Å². The number of nitrogens with zero attached hydrogens (tertiary/aromatic N) is 1. The lowest BCUT2D eigenvalue weighted by atomic mass is 10.3. The van der Waals surface area contributed by atoms with Gasteiger partial charge in [0.05, 0.1) is 23.8 Å². The standard InChI is InChI=1S/C11H13NO3S/c1-15-10-4-6-11(7-5-10)16(13,14)9-3-2-8-12/h4-7H,2-3,9H2,1H3. The van der Waals surface area contributed by atoms with Gasteiger partial charge in [0.15, 0.2) is 9.84 Å². The maximum absolute atomic E-state index is 11.8. The van der Waals surface area contributed by atoms with E-state index in [1.54, 1.807) is 12.1 Å². The van der Waals surface area contributed by atoms with Crippen LogP contribution in [0.25, 0.3) is 0 Å². The molecule has 5 heteroatoms. The van der Waals surface area contributed by atoms with Crippen molar-refractivity contribution in [2.24, 2.45) is 0 Å². The van der Waals surface area contributed by atoms with Gasteiger partial charge in [0.2, 0.25) is 0 Å². The number of hydrogen-bond acceptors (Lipinski definition) is 4. The van der Waals surface area contributed by atoms with E-state index in [2.05, 4.69) is 0 Å². The number of unbranched alkanes of at least 4 members (excludes halogenated alkanes) is 1. The molecule has 0 radical (unpaired) electrons. The van der Waals surface area contributed by atoms with Crippen molar-refractivity contribution in [3.05, 3.63) is 24.3 Å². The predicted octanol–water partition coefficient (Wildman–Crippen LogP) is 1.77. The van der Waals surface area contributed by atoms with Crippen LogP contribution in [-0.2, 0) is 9.84 Å². The summed E-state index contributed by atoms with van der Waals surface area (Å²) in [5.41, 5.74) is 0.